The summed E-state index contributed by atoms with van der Waals surface area (Å²) in [4.78, 5) is 19.1. The first-order valence-electron chi connectivity index (χ1n) is 14.1. The largest absolute Gasteiger partial charge is 0.496 e. The second-order valence-corrected chi connectivity index (χ2v) is 13.3. The third kappa shape index (κ3) is 7.40. The maximum absolute atomic E-state index is 13.9. The van der Waals surface area contributed by atoms with Crippen molar-refractivity contribution in [1.29, 1.82) is 0 Å². The molecule has 3 aromatic carbocycles. The second-order valence-electron chi connectivity index (χ2n) is 11.3. The number of hydrogen-bond acceptors (Lipinski definition) is 5. The van der Waals surface area contributed by atoms with Crippen molar-refractivity contribution in [2.24, 2.45) is 0 Å². The number of aromatic nitrogens is 1. The van der Waals surface area contributed by atoms with Crippen LogP contribution in [-0.4, -0.2) is 69.0 Å². The number of benzene rings is 3. The van der Waals surface area contributed by atoms with Crippen LogP contribution in [-0.2, 0) is 37.9 Å². The molecule has 4 rings (SSSR count). The summed E-state index contributed by atoms with van der Waals surface area (Å²) in [6.07, 6.45) is 2.57. The summed E-state index contributed by atoms with van der Waals surface area (Å²) >= 11 is 0. The lowest BCUT2D eigenvalue weighted by atomic mass is 9.87. The molecule has 4 aromatic rings. The molecule has 0 fully saturated rings. The van der Waals surface area contributed by atoms with Crippen LogP contribution in [0.5, 0.6) is 5.75 Å². The fourth-order valence-electron chi connectivity index (χ4n) is 4.93. The number of sulfonamides is 1. The van der Waals surface area contributed by atoms with E-state index in [9.17, 15) is 13.2 Å². The Balaban J connectivity index is 1.61. The number of nitrogens with one attached hydrogen (secondary N) is 1. The Kier molecular flexibility index (Phi) is 10.1. The van der Waals surface area contributed by atoms with Gasteiger partial charge in [-0.25, -0.2) is 8.42 Å². The standard InChI is InChI=1S/C33H41N3O5S/c1-33(2,3)27-14-16-28(17-15-27)42(38,39)36(20-21-40-4)24-32(37)35(23-26-10-6-9-13-31(26)41-5)19-18-25-22-34-30-12-8-7-11-29(25)30/h6-17,22,34H,18-21,23-24H2,1-5H3. The highest BCUT2D eigenvalue weighted by Gasteiger charge is 2.29. The van der Waals surface area contributed by atoms with E-state index in [1.165, 1.54) is 11.4 Å². The highest BCUT2D eigenvalue weighted by atomic mass is 32.2. The molecule has 9 heteroatoms. The van der Waals surface area contributed by atoms with E-state index in [2.05, 4.69) is 31.8 Å². The normalized spacial score (nSPS) is 12.1. The van der Waals surface area contributed by atoms with Gasteiger partial charge < -0.3 is 19.4 Å². The third-order valence-electron chi connectivity index (χ3n) is 7.45. The first-order chi connectivity index (χ1) is 20.0. The maximum Gasteiger partial charge on any atom is 0.243 e. The Morgan fingerprint density at radius 3 is 2.26 bits per heavy atom. The summed E-state index contributed by atoms with van der Waals surface area (Å²) in [6, 6.07) is 22.5. The van der Waals surface area contributed by atoms with Crippen molar-refractivity contribution in [3.63, 3.8) is 0 Å². The number of aromatic amines is 1. The SMILES string of the molecule is COCCN(CC(=O)N(CCc1c[nH]c2ccccc12)Cc1ccccc1OC)S(=O)(=O)c1ccc(C(C)(C)C)cc1. The Bertz CT molecular complexity index is 1590. The molecule has 0 aliphatic rings. The summed E-state index contributed by atoms with van der Waals surface area (Å²) in [5.74, 6) is 0.372. The predicted octanol–water partition coefficient (Wildman–Crippen LogP) is 5.38. The van der Waals surface area contributed by atoms with Crippen LogP contribution in [0.3, 0.4) is 0 Å². The quantitative estimate of drug-likeness (QED) is 0.225. The monoisotopic (exact) mass is 591 g/mol. The smallest absolute Gasteiger partial charge is 0.243 e. The zero-order valence-corrected chi connectivity index (χ0v) is 25.9. The van der Waals surface area contributed by atoms with Crippen LogP contribution < -0.4 is 4.74 Å². The first-order valence-corrected chi connectivity index (χ1v) is 15.5. The Morgan fingerprint density at radius 2 is 1.57 bits per heavy atom. The molecule has 0 saturated heterocycles. The van der Waals surface area contributed by atoms with Gasteiger partial charge in [-0.05, 0) is 47.2 Å². The zero-order valence-electron chi connectivity index (χ0n) is 25.1. The number of para-hydroxylation sites is 2. The van der Waals surface area contributed by atoms with Gasteiger partial charge in [0.25, 0.3) is 0 Å². The van der Waals surface area contributed by atoms with Crippen LogP contribution in [0, 0.1) is 0 Å². The number of hydrogen-bond donors (Lipinski definition) is 1. The van der Waals surface area contributed by atoms with E-state index in [1.807, 2.05) is 60.8 Å². The minimum atomic E-state index is -3.96. The highest BCUT2D eigenvalue weighted by Crippen LogP contribution is 2.26. The molecule has 0 aliphatic heterocycles. The van der Waals surface area contributed by atoms with Gasteiger partial charge in [0.1, 0.15) is 5.75 Å². The summed E-state index contributed by atoms with van der Waals surface area (Å²) < 4.78 is 39.5. The predicted molar refractivity (Wildman–Crippen MR) is 166 cm³/mol. The van der Waals surface area contributed by atoms with Crippen molar-refractivity contribution in [1.82, 2.24) is 14.2 Å². The average Bonchev–Trinajstić information content (AvgIpc) is 3.40. The minimum absolute atomic E-state index is 0.0521. The van der Waals surface area contributed by atoms with Crippen molar-refractivity contribution in [2.45, 2.75) is 44.0 Å². The van der Waals surface area contributed by atoms with E-state index in [0.717, 1.165) is 27.6 Å². The van der Waals surface area contributed by atoms with Crippen molar-refractivity contribution in [3.8, 4) is 5.75 Å². The molecule has 0 atom stereocenters. The molecule has 224 valence electrons. The number of H-pyrrole nitrogens is 1. The topological polar surface area (TPSA) is 91.9 Å². The van der Waals surface area contributed by atoms with Gasteiger partial charge in [0, 0.05) is 49.4 Å². The van der Waals surface area contributed by atoms with Gasteiger partial charge in [0.2, 0.25) is 15.9 Å². The number of ether oxygens (including phenoxy) is 2. The van der Waals surface area contributed by atoms with Crippen LogP contribution in [0.4, 0.5) is 0 Å². The zero-order chi connectivity index (χ0) is 30.3. The van der Waals surface area contributed by atoms with Crippen molar-refractivity contribution < 1.29 is 22.7 Å². The number of carbonyl (C=O) groups excluding carboxylic acids is 1. The van der Waals surface area contributed by atoms with Crippen LogP contribution >= 0.6 is 0 Å². The number of methoxy groups -OCH3 is 2. The Morgan fingerprint density at radius 1 is 0.881 bits per heavy atom. The first kappa shape index (κ1) is 31.3. The van der Waals surface area contributed by atoms with E-state index >= 15 is 0 Å². The van der Waals surface area contributed by atoms with Crippen LogP contribution in [0.1, 0.15) is 37.5 Å². The number of fused-ring (bicyclic) bond motifs is 1. The fourth-order valence-corrected chi connectivity index (χ4v) is 6.30. The molecule has 42 heavy (non-hydrogen) atoms. The Labute approximate surface area is 249 Å². The van der Waals surface area contributed by atoms with Gasteiger partial charge in [0.15, 0.2) is 0 Å². The fraction of sp³-hybridized carbons (Fsp3) is 0.364. The summed E-state index contributed by atoms with van der Waals surface area (Å²) in [5.41, 5.74) is 3.88. The molecule has 0 saturated carbocycles. The van der Waals surface area contributed by atoms with Crippen molar-refractivity contribution in [3.05, 3.63) is 95.7 Å². The van der Waals surface area contributed by atoms with E-state index in [0.29, 0.717) is 18.7 Å². The molecule has 0 unspecified atom stereocenters. The average molecular weight is 592 g/mol. The number of nitrogens with zero attached hydrogens (tertiary/aromatic N) is 2. The minimum Gasteiger partial charge on any atom is -0.496 e. The van der Waals surface area contributed by atoms with Crippen LogP contribution in [0.2, 0.25) is 0 Å². The van der Waals surface area contributed by atoms with E-state index in [4.69, 9.17) is 9.47 Å². The Hall–Kier alpha value is -3.66. The maximum atomic E-state index is 13.9. The lowest BCUT2D eigenvalue weighted by molar-refractivity contribution is -0.132. The van der Waals surface area contributed by atoms with Crippen molar-refractivity contribution >= 4 is 26.8 Å². The molecule has 0 radical (unpaired) electrons. The van der Waals surface area contributed by atoms with Crippen LogP contribution in [0.25, 0.3) is 10.9 Å². The van der Waals surface area contributed by atoms with Gasteiger partial charge in [-0.15, -0.1) is 0 Å². The molecule has 8 nitrogen and oxygen atoms in total. The van der Waals surface area contributed by atoms with E-state index in [1.54, 1.807) is 24.1 Å². The van der Waals surface area contributed by atoms with E-state index < -0.39 is 10.0 Å². The summed E-state index contributed by atoms with van der Waals surface area (Å²) in [5, 5.41) is 1.10. The molecular formula is C33H41N3O5S. The molecule has 1 aromatic heterocycles. The summed E-state index contributed by atoms with van der Waals surface area (Å²) in [6.45, 7) is 6.81. The van der Waals surface area contributed by atoms with Crippen molar-refractivity contribution in [2.75, 3.05) is 40.5 Å². The molecule has 1 heterocycles. The molecule has 0 aliphatic carbocycles. The van der Waals surface area contributed by atoms with Gasteiger partial charge >= 0.3 is 0 Å². The van der Waals surface area contributed by atoms with Gasteiger partial charge in [0.05, 0.1) is 25.2 Å². The molecule has 0 bridgehead atoms. The van der Waals surface area contributed by atoms with Gasteiger partial charge in [-0.2, -0.15) is 4.31 Å². The number of rotatable bonds is 13. The lowest BCUT2D eigenvalue weighted by Crippen LogP contribution is -2.44. The number of carbonyl (C=O) groups is 1. The second kappa shape index (κ2) is 13.5. The lowest BCUT2D eigenvalue weighted by Gasteiger charge is -2.28. The molecule has 1 amide bonds. The number of amides is 1. The van der Waals surface area contributed by atoms with Crippen LogP contribution in [0.15, 0.2) is 83.9 Å². The van der Waals surface area contributed by atoms with Gasteiger partial charge in [-0.1, -0.05) is 69.3 Å². The third-order valence-corrected chi connectivity index (χ3v) is 9.31. The molecular weight excluding hydrogens is 550 g/mol. The van der Waals surface area contributed by atoms with E-state index in [-0.39, 0.29) is 42.5 Å². The molecule has 1 N–H and O–H groups in total. The van der Waals surface area contributed by atoms with Gasteiger partial charge in [-0.3, -0.25) is 4.79 Å². The summed E-state index contributed by atoms with van der Waals surface area (Å²) in [7, 11) is -0.849. The molecule has 0 spiro atoms. The highest BCUT2D eigenvalue weighted by molar-refractivity contribution is 7.89.